The molecule has 1 aromatic carbocycles. The molecule has 0 bridgehead atoms. The minimum absolute atomic E-state index is 0.123. The third-order valence-electron chi connectivity index (χ3n) is 3.61. The second-order valence-corrected chi connectivity index (χ2v) is 5.04. The zero-order chi connectivity index (χ0) is 11.5. The largest absolute Gasteiger partial charge is 0.393 e. The lowest BCUT2D eigenvalue weighted by atomic mass is 9.91. The first kappa shape index (κ1) is 11.6. The Kier molecular flexibility index (Phi) is 3.62. The van der Waals surface area contributed by atoms with Gasteiger partial charge in [0.2, 0.25) is 0 Å². The van der Waals surface area contributed by atoms with Crippen LogP contribution in [0.15, 0.2) is 30.3 Å². The molecule has 2 rings (SSSR count). The van der Waals surface area contributed by atoms with Gasteiger partial charge in [-0.15, -0.1) is 0 Å². The van der Waals surface area contributed by atoms with Crippen molar-refractivity contribution in [2.75, 3.05) is 6.54 Å². The topological polar surface area (TPSA) is 23.5 Å². The average molecular weight is 219 g/mol. The van der Waals surface area contributed by atoms with E-state index in [0.29, 0.717) is 12.0 Å². The number of aliphatic hydroxyl groups excluding tert-OH is 1. The minimum Gasteiger partial charge on any atom is -0.393 e. The zero-order valence-corrected chi connectivity index (χ0v) is 10.1. The molecular formula is C14H21NO. The van der Waals surface area contributed by atoms with Gasteiger partial charge in [0.15, 0.2) is 0 Å². The standard InChI is InChI=1S/C14H21NO/c1-11-9-15(12(2)8-14(11)16)10-13-6-4-3-5-7-13/h3-7,11-12,14,16H,8-10H2,1-2H3/t11-,12-,14-/m1/s1. The van der Waals surface area contributed by atoms with Crippen molar-refractivity contribution in [3.63, 3.8) is 0 Å². The highest BCUT2D eigenvalue weighted by atomic mass is 16.3. The molecule has 1 N–H and O–H groups in total. The van der Waals surface area contributed by atoms with Crippen molar-refractivity contribution in [3.05, 3.63) is 35.9 Å². The number of likely N-dealkylation sites (tertiary alicyclic amines) is 1. The van der Waals surface area contributed by atoms with Gasteiger partial charge in [0, 0.05) is 19.1 Å². The monoisotopic (exact) mass is 219 g/mol. The Morgan fingerprint density at radius 2 is 1.94 bits per heavy atom. The van der Waals surface area contributed by atoms with Crippen LogP contribution in [0.25, 0.3) is 0 Å². The Hall–Kier alpha value is -0.860. The molecule has 1 fully saturated rings. The normalized spacial score (nSPS) is 31.6. The van der Waals surface area contributed by atoms with E-state index in [1.807, 2.05) is 0 Å². The summed E-state index contributed by atoms with van der Waals surface area (Å²) in [6.07, 6.45) is 0.774. The molecule has 0 radical (unpaired) electrons. The molecule has 0 saturated carbocycles. The van der Waals surface area contributed by atoms with Gasteiger partial charge < -0.3 is 5.11 Å². The molecule has 0 unspecified atom stereocenters. The quantitative estimate of drug-likeness (QED) is 0.825. The summed E-state index contributed by atoms with van der Waals surface area (Å²) < 4.78 is 0. The number of aliphatic hydroxyl groups is 1. The maximum Gasteiger partial charge on any atom is 0.0592 e. The lowest BCUT2D eigenvalue weighted by Crippen LogP contribution is -2.46. The number of piperidine rings is 1. The molecule has 1 saturated heterocycles. The minimum atomic E-state index is -0.123. The van der Waals surface area contributed by atoms with E-state index in [0.717, 1.165) is 19.5 Å². The summed E-state index contributed by atoms with van der Waals surface area (Å²) in [6, 6.07) is 11.0. The summed E-state index contributed by atoms with van der Waals surface area (Å²) >= 11 is 0. The van der Waals surface area contributed by atoms with Crippen LogP contribution in [-0.4, -0.2) is 28.7 Å². The van der Waals surface area contributed by atoms with Gasteiger partial charge in [0.1, 0.15) is 0 Å². The number of rotatable bonds is 2. The number of nitrogens with zero attached hydrogens (tertiary/aromatic N) is 1. The molecule has 1 aliphatic rings. The summed E-state index contributed by atoms with van der Waals surface area (Å²) in [5, 5.41) is 9.81. The fourth-order valence-corrected chi connectivity index (χ4v) is 2.44. The molecule has 1 aliphatic heterocycles. The molecule has 0 spiro atoms. The maximum absolute atomic E-state index is 9.81. The van der Waals surface area contributed by atoms with E-state index >= 15 is 0 Å². The summed E-state index contributed by atoms with van der Waals surface area (Å²) in [6.45, 7) is 6.34. The van der Waals surface area contributed by atoms with Crippen LogP contribution in [0.4, 0.5) is 0 Å². The van der Waals surface area contributed by atoms with Crippen molar-refractivity contribution in [1.29, 1.82) is 0 Å². The first-order chi connectivity index (χ1) is 7.66. The summed E-state index contributed by atoms with van der Waals surface area (Å²) in [7, 11) is 0. The second-order valence-electron chi connectivity index (χ2n) is 5.04. The van der Waals surface area contributed by atoms with E-state index in [4.69, 9.17) is 0 Å². The van der Waals surface area contributed by atoms with E-state index in [2.05, 4.69) is 49.1 Å². The fourth-order valence-electron chi connectivity index (χ4n) is 2.44. The molecule has 0 amide bonds. The first-order valence-corrected chi connectivity index (χ1v) is 6.13. The van der Waals surface area contributed by atoms with E-state index in [9.17, 15) is 5.11 Å². The molecule has 1 aromatic rings. The van der Waals surface area contributed by atoms with Crippen LogP contribution in [0.3, 0.4) is 0 Å². The summed E-state index contributed by atoms with van der Waals surface area (Å²) in [4.78, 5) is 2.46. The van der Waals surface area contributed by atoms with Crippen molar-refractivity contribution in [2.45, 2.75) is 39.0 Å². The second kappa shape index (κ2) is 4.98. The summed E-state index contributed by atoms with van der Waals surface area (Å²) in [5.74, 6) is 0.389. The maximum atomic E-state index is 9.81. The van der Waals surface area contributed by atoms with E-state index in [1.165, 1.54) is 5.56 Å². The van der Waals surface area contributed by atoms with E-state index < -0.39 is 0 Å². The Morgan fingerprint density at radius 3 is 2.62 bits per heavy atom. The van der Waals surface area contributed by atoms with Crippen molar-refractivity contribution >= 4 is 0 Å². The Morgan fingerprint density at radius 1 is 1.25 bits per heavy atom. The summed E-state index contributed by atoms with van der Waals surface area (Å²) in [5.41, 5.74) is 1.36. The van der Waals surface area contributed by atoms with Crippen molar-refractivity contribution in [1.82, 2.24) is 4.90 Å². The Labute approximate surface area is 97.9 Å². The van der Waals surface area contributed by atoms with E-state index in [1.54, 1.807) is 0 Å². The highest BCUT2D eigenvalue weighted by Crippen LogP contribution is 2.23. The number of hydrogen-bond acceptors (Lipinski definition) is 2. The third-order valence-corrected chi connectivity index (χ3v) is 3.61. The van der Waals surface area contributed by atoms with Crippen LogP contribution in [0, 0.1) is 5.92 Å². The third kappa shape index (κ3) is 2.63. The van der Waals surface area contributed by atoms with Crippen molar-refractivity contribution in [2.24, 2.45) is 5.92 Å². The fraction of sp³-hybridized carbons (Fsp3) is 0.571. The Balaban J connectivity index is 2.00. The van der Waals surface area contributed by atoms with Gasteiger partial charge in [0.05, 0.1) is 6.10 Å². The van der Waals surface area contributed by atoms with Crippen LogP contribution in [0.2, 0.25) is 0 Å². The zero-order valence-electron chi connectivity index (χ0n) is 10.1. The lowest BCUT2D eigenvalue weighted by Gasteiger charge is -2.39. The Bertz CT molecular complexity index is 325. The number of benzene rings is 1. The van der Waals surface area contributed by atoms with E-state index in [-0.39, 0.29) is 6.10 Å². The van der Waals surface area contributed by atoms with Crippen molar-refractivity contribution < 1.29 is 5.11 Å². The predicted molar refractivity (Wildman–Crippen MR) is 66.1 cm³/mol. The lowest BCUT2D eigenvalue weighted by molar-refractivity contribution is 0.00194. The smallest absolute Gasteiger partial charge is 0.0592 e. The van der Waals surface area contributed by atoms with Crippen LogP contribution in [0.5, 0.6) is 0 Å². The van der Waals surface area contributed by atoms with Gasteiger partial charge in [-0.3, -0.25) is 4.90 Å². The highest BCUT2D eigenvalue weighted by Gasteiger charge is 2.29. The van der Waals surface area contributed by atoms with Crippen LogP contribution >= 0.6 is 0 Å². The SMILES string of the molecule is C[C@@H]1CN(Cc2ccccc2)[C@H](C)C[C@H]1O. The van der Waals surface area contributed by atoms with Crippen LogP contribution in [-0.2, 0) is 6.54 Å². The van der Waals surface area contributed by atoms with Crippen LogP contribution in [0.1, 0.15) is 25.8 Å². The highest BCUT2D eigenvalue weighted by molar-refractivity contribution is 5.14. The molecular weight excluding hydrogens is 198 g/mol. The predicted octanol–water partition coefficient (Wildman–Crippen LogP) is 2.28. The molecule has 2 nitrogen and oxygen atoms in total. The molecule has 1 heterocycles. The van der Waals surface area contributed by atoms with Gasteiger partial charge in [-0.25, -0.2) is 0 Å². The van der Waals surface area contributed by atoms with Gasteiger partial charge in [-0.1, -0.05) is 37.3 Å². The van der Waals surface area contributed by atoms with Gasteiger partial charge in [0.25, 0.3) is 0 Å². The van der Waals surface area contributed by atoms with Gasteiger partial charge in [-0.05, 0) is 24.8 Å². The molecule has 2 heteroatoms. The number of hydrogen-bond donors (Lipinski definition) is 1. The van der Waals surface area contributed by atoms with Gasteiger partial charge >= 0.3 is 0 Å². The molecule has 16 heavy (non-hydrogen) atoms. The van der Waals surface area contributed by atoms with Crippen LogP contribution < -0.4 is 0 Å². The molecule has 3 atom stereocenters. The molecule has 0 aliphatic carbocycles. The first-order valence-electron chi connectivity index (χ1n) is 6.13. The molecule has 88 valence electrons. The average Bonchev–Trinajstić information content (AvgIpc) is 2.27. The van der Waals surface area contributed by atoms with Crippen molar-refractivity contribution in [3.8, 4) is 0 Å². The van der Waals surface area contributed by atoms with Gasteiger partial charge in [-0.2, -0.15) is 0 Å². The molecule has 0 aromatic heterocycles.